The second kappa shape index (κ2) is 6.09. The van der Waals surface area contributed by atoms with Gasteiger partial charge in [0, 0.05) is 25.2 Å². The van der Waals surface area contributed by atoms with Gasteiger partial charge in [-0.1, -0.05) is 0 Å². The Labute approximate surface area is 115 Å². The number of nitrogens with one attached hydrogen (secondary N) is 1. The van der Waals surface area contributed by atoms with Crippen molar-refractivity contribution in [2.45, 2.75) is 57.7 Å². The van der Waals surface area contributed by atoms with Crippen LogP contribution in [0.3, 0.4) is 0 Å². The molecule has 5 heteroatoms. The van der Waals surface area contributed by atoms with Gasteiger partial charge in [0.1, 0.15) is 5.60 Å². The molecule has 2 fully saturated rings. The van der Waals surface area contributed by atoms with Crippen LogP contribution >= 0.6 is 0 Å². The third-order valence-electron chi connectivity index (χ3n) is 3.69. The average molecular weight is 270 g/mol. The van der Waals surface area contributed by atoms with Crippen LogP contribution in [0.15, 0.2) is 0 Å². The van der Waals surface area contributed by atoms with Crippen LogP contribution in [0, 0.1) is 0 Å². The van der Waals surface area contributed by atoms with Gasteiger partial charge in [0.15, 0.2) is 0 Å². The Hall–Kier alpha value is -0.810. The van der Waals surface area contributed by atoms with Crippen molar-refractivity contribution in [3.05, 3.63) is 0 Å². The Morgan fingerprint density at radius 2 is 1.95 bits per heavy atom. The molecule has 1 saturated heterocycles. The summed E-state index contributed by atoms with van der Waals surface area (Å²) in [6.45, 7) is 9.36. The average Bonchev–Trinajstić information content (AvgIpc) is 2.76. The summed E-state index contributed by atoms with van der Waals surface area (Å²) >= 11 is 0. The lowest BCUT2D eigenvalue weighted by molar-refractivity contribution is 0.0172. The number of hydrogen-bond acceptors (Lipinski definition) is 4. The van der Waals surface area contributed by atoms with Crippen molar-refractivity contribution in [2.24, 2.45) is 0 Å². The number of rotatable bonds is 2. The van der Waals surface area contributed by atoms with Crippen LogP contribution in [0.1, 0.15) is 40.0 Å². The molecule has 0 bridgehead atoms. The fourth-order valence-electron chi connectivity index (χ4n) is 2.84. The summed E-state index contributed by atoms with van der Waals surface area (Å²) in [6, 6.07) is 0.839. The van der Waals surface area contributed by atoms with E-state index in [2.05, 4.69) is 10.2 Å². The zero-order chi connectivity index (χ0) is 13.9. The molecule has 0 aromatic rings. The molecule has 0 aromatic heterocycles. The third-order valence-corrected chi connectivity index (χ3v) is 3.69. The van der Waals surface area contributed by atoms with E-state index >= 15 is 0 Å². The van der Waals surface area contributed by atoms with Gasteiger partial charge in [-0.05, 0) is 40.0 Å². The molecule has 5 nitrogen and oxygen atoms in total. The molecule has 1 aliphatic carbocycles. The van der Waals surface area contributed by atoms with Gasteiger partial charge < -0.3 is 14.8 Å². The minimum Gasteiger partial charge on any atom is -0.444 e. The van der Waals surface area contributed by atoms with Crippen molar-refractivity contribution in [3.8, 4) is 0 Å². The molecule has 19 heavy (non-hydrogen) atoms. The fraction of sp³-hybridized carbons (Fsp3) is 0.929. The molecule has 1 N–H and O–H groups in total. The van der Waals surface area contributed by atoms with Gasteiger partial charge in [-0.3, -0.25) is 4.90 Å². The van der Waals surface area contributed by atoms with Crippen molar-refractivity contribution in [1.82, 2.24) is 10.2 Å². The Morgan fingerprint density at radius 3 is 2.58 bits per heavy atom. The first-order valence-corrected chi connectivity index (χ1v) is 7.25. The summed E-state index contributed by atoms with van der Waals surface area (Å²) in [5, 5.41) is 2.99. The molecule has 0 radical (unpaired) electrons. The van der Waals surface area contributed by atoms with Crippen LogP contribution in [0.4, 0.5) is 4.79 Å². The smallest absolute Gasteiger partial charge is 0.407 e. The minimum absolute atomic E-state index is 0.252. The quantitative estimate of drug-likeness (QED) is 0.831. The maximum Gasteiger partial charge on any atom is 0.407 e. The van der Waals surface area contributed by atoms with Gasteiger partial charge in [0.25, 0.3) is 0 Å². The van der Waals surface area contributed by atoms with E-state index in [4.69, 9.17) is 9.47 Å². The van der Waals surface area contributed by atoms with Crippen LogP contribution < -0.4 is 5.32 Å². The number of amides is 1. The van der Waals surface area contributed by atoms with Crippen LogP contribution in [0.25, 0.3) is 0 Å². The standard InChI is InChI=1S/C14H26N2O3/c1-14(2,3)19-13(17)15-11-4-5-12(10-11)16-6-8-18-9-7-16/h11-12H,4-10H2,1-3H3,(H,15,17)/t11-,12+/m1/s1. The summed E-state index contributed by atoms with van der Waals surface area (Å²) in [7, 11) is 0. The van der Waals surface area contributed by atoms with Crippen molar-refractivity contribution < 1.29 is 14.3 Å². The highest BCUT2D eigenvalue weighted by Crippen LogP contribution is 2.25. The van der Waals surface area contributed by atoms with Crippen molar-refractivity contribution in [3.63, 3.8) is 0 Å². The summed E-state index contributed by atoms with van der Waals surface area (Å²) < 4.78 is 10.7. The monoisotopic (exact) mass is 270 g/mol. The molecule has 2 rings (SSSR count). The van der Waals surface area contributed by atoms with Crippen molar-refractivity contribution in [1.29, 1.82) is 0 Å². The largest absolute Gasteiger partial charge is 0.444 e. The van der Waals surface area contributed by atoms with Gasteiger partial charge >= 0.3 is 6.09 Å². The molecular weight excluding hydrogens is 244 g/mol. The molecule has 2 atom stereocenters. The molecule has 2 aliphatic rings. The molecular formula is C14H26N2O3. The Balaban J connectivity index is 1.74. The number of carbonyl (C=O) groups is 1. The van der Waals surface area contributed by atoms with Gasteiger partial charge in [-0.2, -0.15) is 0 Å². The highest BCUT2D eigenvalue weighted by Gasteiger charge is 2.31. The maximum atomic E-state index is 11.7. The summed E-state index contributed by atoms with van der Waals surface area (Å²) in [6.07, 6.45) is 2.93. The zero-order valence-electron chi connectivity index (χ0n) is 12.3. The molecule has 1 saturated carbocycles. The number of alkyl carbamates (subject to hydrolysis) is 1. The SMILES string of the molecule is CC(C)(C)OC(=O)N[C@@H]1CC[C@H](N2CCOCC2)C1. The number of ether oxygens (including phenoxy) is 2. The van der Waals surface area contributed by atoms with Crippen LogP contribution in [-0.2, 0) is 9.47 Å². The third kappa shape index (κ3) is 4.66. The first kappa shape index (κ1) is 14.6. The normalized spacial score (nSPS) is 29.2. The molecule has 1 heterocycles. The molecule has 0 unspecified atom stereocenters. The molecule has 1 amide bonds. The van der Waals surface area contributed by atoms with E-state index in [1.54, 1.807) is 0 Å². The number of morpholine rings is 1. The predicted octanol–water partition coefficient (Wildman–Crippen LogP) is 1.76. The van der Waals surface area contributed by atoms with E-state index < -0.39 is 5.60 Å². The lowest BCUT2D eigenvalue weighted by Gasteiger charge is -2.32. The van der Waals surface area contributed by atoms with Crippen LogP contribution in [0.2, 0.25) is 0 Å². The maximum absolute atomic E-state index is 11.7. The molecule has 110 valence electrons. The van der Waals surface area contributed by atoms with Crippen LogP contribution in [0.5, 0.6) is 0 Å². The highest BCUT2D eigenvalue weighted by molar-refractivity contribution is 5.68. The van der Waals surface area contributed by atoms with E-state index in [9.17, 15) is 4.79 Å². The number of carbonyl (C=O) groups excluding carboxylic acids is 1. The first-order valence-electron chi connectivity index (χ1n) is 7.25. The van der Waals surface area contributed by atoms with Gasteiger partial charge in [0.2, 0.25) is 0 Å². The molecule has 0 spiro atoms. The second-order valence-corrected chi connectivity index (χ2v) is 6.46. The van der Waals surface area contributed by atoms with E-state index in [-0.39, 0.29) is 12.1 Å². The highest BCUT2D eigenvalue weighted by atomic mass is 16.6. The number of hydrogen-bond donors (Lipinski definition) is 1. The van der Waals surface area contributed by atoms with E-state index in [0.717, 1.165) is 45.6 Å². The topological polar surface area (TPSA) is 50.8 Å². The van der Waals surface area contributed by atoms with E-state index in [1.165, 1.54) is 0 Å². The predicted molar refractivity (Wildman–Crippen MR) is 73.2 cm³/mol. The lowest BCUT2D eigenvalue weighted by atomic mass is 10.2. The second-order valence-electron chi connectivity index (χ2n) is 6.46. The minimum atomic E-state index is -0.424. The number of nitrogens with zero attached hydrogens (tertiary/aromatic N) is 1. The van der Waals surface area contributed by atoms with Gasteiger partial charge in [-0.15, -0.1) is 0 Å². The van der Waals surface area contributed by atoms with Crippen LogP contribution in [-0.4, -0.2) is 55.0 Å². The summed E-state index contributed by atoms with van der Waals surface area (Å²) in [4.78, 5) is 14.2. The summed E-state index contributed by atoms with van der Waals surface area (Å²) in [5.74, 6) is 0. The Morgan fingerprint density at radius 1 is 1.26 bits per heavy atom. The lowest BCUT2D eigenvalue weighted by Crippen LogP contribution is -2.44. The van der Waals surface area contributed by atoms with Crippen molar-refractivity contribution in [2.75, 3.05) is 26.3 Å². The summed E-state index contributed by atoms with van der Waals surface area (Å²) in [5.41, 5.74) is -0.424. The van der Waals surface area contributed by atoms with Crippen molar-refractivity contribution >= 4 is 6.09 Å². The van der Waals surface area contributed by atoms with Gasteiger partial charge in [-0.25, -0.2) is 4.79 Å². The fourth-order valence-corrected chi connectivity index (χ4v) is 2.84. The Kier molecular flexibility index (Phi) is 4.68. The first-order chi connectivity index (χ1) is 8.94. The molecule has 1 aliphatic heterocycles. The zero-order valence-corrected chi connectivity index (χ0v) is 12.3. The van der Waals surface area contributed by atoms with E-state index in [0.29, 0.717) is 6.04 Å². The Bertz CT molecular complexity index is 308. The molecule has 0 aromatic carbocycles. The van der Waals surface area contributed by atoms with Gasteiger partial charge in [0.05, 0.1) is 13.2 Å². The van der Waals surface area contributed by atoms with E-state index in [1.807, 2.05) is 20.8 Å².